The molecule has 0 fully saturated rings. The number of aliphatic hydroxyl groups is 1. The molecule has 0 amide bonds. The van der Waals surface area contributed by atoms with Crippen LogP contribution in [-0.4, -0.2) is 28.5 Å². The van der Waals surface area contributed by atoms with E-state index in [0.29, 0.717) is 13.1 Å². The van der Waals surface area contributed by atoms with E-state index in [2.05, 4.69) is 17.3 Å². The van der Waals surface area contributed by atoms with E-state index in [-0.39, 0.29) is 0 Å². The van der Waals surface area contributed by atoms with Crippen molar-refractivity contribution in [1.82, 2.24) is 15.1 Å². The highest BCUT2D eigenvalue weighted by molar-refractivity contribution is 5.29. The number of methoxy groups -OCH3 is 1. The highest BCUT2D eigenvalue weighted by Crippen LogP contribution is 2.18. The number of benzene rings is 1. The first kappa shape index (κ1) is 14.6. The van der Waals surface area contributed by atoms with E-state index in [9.17, 15) is 5.11 Å². The number of nitrogens with zero attached hydrogens (tertiary/aromatic N) is 2. The standard InChI is InChI=1S/C15H21N3O2/c1-3-18-11-12(9-17-18)8-16-10-15(19)13-5-4-6-14(7-13)20-2/h4-7,9,11,15-16,19H,3,8,10H2,1-2H3. The van der Waals surface area contributed by atoms with Crippen molar-refractivity contribution in [3.8, 4) is 5.75 Å². The summed E-state index contributed by atoms with van der Waals surface area (Å²) >= 11 is 0. The maximum absolute atomic E-state index is 10.1. The van der Waals surface area contributed by atoms with Crippen LogP contribution >= 0.6 is 0 Å². The maximum atomic E-state index is 10.1. The van der Waals surface area contributed by atoms with Gasteiger partial charge in [0.2, 0.25) is 0 Å². The first-order valence-electron chi connectivity index (χ1n) is 6.77. The van der Waals surface area contributed by atoms with Gasteiger partial charge in [0.25, 0.3) is 0 Å². The second-order valence-corrected chi connectivity index (χ2v) is 4.63. The zero-order valence-corrected chi connectivity index (χ0v) is 11.9. The van der Waals surface area contributed by atoms with Gasteiger partial charge >= 0.3 is 0 Å². The van der Waals surface area contributed by atoms with E-state index in [1.54, 1.807) is 7.11 Å². The molecule has 0 aliphatic carbocycles. The van der Waals surface area contributed by atoms with Crippen molar-refractivity contribution in [1.29, 1.82) is 0 Å². The summed E-state index contributed by atoms with van der Waals surface area (Å²) in [5.74, 6) is 0.755. The molecule has 20 heavy (non-hydrogen) atoms. The van der Waals surface area contributed by atoms with Crippen LogP contribution < -0.4 is 10.1 Å². The minimum atomic E-state index is -0.550. The van der Waals surface area contributed by atoms with Crippen molar-refractivity contribution in [2.24, 2.45) is 0 Å². The summed E-state index contributed by atoms with van der Waals surface area (Å²) in [6, 6.07) is 7.48. The Morgan fingerprint density at radius 2 is 2.30 bits per heavy atom. The van der Waals surface area contributed by atoms with Gasteiger partial charge in [-0.25, -0.2) is 0 Å². The number of ether oxygens (including phenoxy) is 1. The molecule has 2 N–H and O–H groups in total. The number of rotatable bonds is 7. The number of nitrogens with one attached hydrogen (secondary N) is 1. The van der Waals surface area contributed by atoms with Crippen molar-refractivity contribution < 1.29 is 9.84 Å². The second kappa shape index (κ2) is 7.07. The fourth-order valence-electron chi connectivity index (χ4n) is 1.99. The fraction of sp³-hybridized carbons (Fsp3) is 0.400. The summed E-state index contributed by atoms with van der Waals surface area (Å²) in [7, 11) is 1.62. The Balaban J connectivity index is 1.83. The molecular weight excluding hydrogens is 254 g/mol. The van der Waals surface area contributed by atoms with Crippen molar-refractivity contribution in [3.63, 3.8) is 0 Å². The van der Waals surface area contributed by atoms with Crippen LogP contribution in [0.1, 0.15) is 24.2 Å². The Kier molecular flexibility index (Phi) is 5.15. The Morgan fingerprint density at radius 3 is 3.00 bits per heavy atom. The van der Waals surface area contributed by atoms with E-state index >= 15 is 0 Å². The number of aliphatic hydroxyl groups excluding tert-OH is 1. The molecule has 2 rings (SSSR count). The lowest BCUT2D eigenvalue weighted by Gasteiger charge is -2.12. The highest BCUT2D eigenvalue weighted by atomic mass is 16.5. The molecule has 1 aromatic carbocycles. The second-order valence-electron chi connectivity index (χ2n) is 4.63. The number of aromatic nitrogens is 2. The molecule has 1 aromatic heterocycles. The average Bonchev–Trinajstić information content (AvgIpc) is 2.95. The normalized spacial score (nSPS) is 12.3. The zero-order chi connectivity index (χ0) is 14.4. The molecule has 1 heterocycles. The van der Waals surface area contributed by atoms with E-state index < -0.39 is 6.10 Å². The molecule has 108 valence electrons. The van der Waals surface area contributed by atoms with Gasteiger partial charge in [0.15, 0.2) is 0 Å². The van der Waals surface area contributed by atoms with Crippen molar-refractivity contribution in [3.05, 3.63) is 47.8 Å². The van der Waals surface area contributed by atoms with E-state index in [0.717, 1.165) is 23.4 Å². The van der Waals surface area contributed by atoms with E-state index in [1.807, 2.05) is 41.3 Å². The largest absolute Gasteiger partial charge is 0.497 e. The molecule has 0 aliphatic rings. The summed E-state index contributed by atoms with van der Waals surface area (Å²) in [5, 5.41) is 17.6. The van der Waals surface area contributed by atoms with Gasteiger partial charge in [-0.2, -0.15) is 5.10 Å². The fourth-order valence-corrected chi connectivity index (χ4v) is 1.99. The first-order chi connectivity index (χ1) is 9.72. The lowest BCUT2D eigenvalue weighted by atomic mass is 10.1. The van der Waals surface area contributed by atoms with Gasteiger partial charge in [-0.3, -0.25) is 4.68 Å². The third-order valence-corrected chi connectivity index (χ3v) is 3.16. The number of aryl methyl sites for hydroxylation is 1. The van der Waals surface area contributed by atoms with Crippen LogP contribution in [0.15, 0.2) is 36.7 Å². The third kappa shape index (κ3) is 3.82. The van der Waals surface area contributed by atoms with E-state index in [1.165, 1.54) is 0 Å². The molecular formula is C15H21N3O2. The Morgan fingerprint density at radius 1 is 1.45 bits per heavy atom. The molecule has 1 atom stereocenters. The minimum Gasteiger partial charge on any atom is -0.497 e. The first-order valence-corrected chi connectivity index (χ1v) is 6.77. The van der Waals surface area contributed by atoms with Crippen LogP contribution in [0.5, 0.6) is 5.75 Å². The number of hydrogen-bond acceptors (Lipinski definition) is 4. The van der Waals surface area contributed by atoms with Crippen LogP contribution in [0.3, 0.4) is 0 Å². The quantitative estimate of drug-likeness (QED) is 0.808. The van der Waals surface area contributed by atoms with Gasteiger partial charge in [0, 0.05) is 31.4 Å². The molecule has 0 aliphatic heterocycles. The van der Waals surface area contributed by atoms with Gasteiger partial charge in [0.05, 0.1) is 19.4 Å². The topological polar surface area (TPSA) is 59.3 Å². The molecule has 2 aromatic rings. The van der Waals surface area contributed by atoms with Gasteiger partial charge < -0.3 is 15.2 Å². The molecule has 0 spiro atoms. The van der Waals surface area contributed by atoms with Crippen molar-refractivity contribution >= 4 is 0 Å². The highest BCUT2D eigenvalue weighted by Gasteiger charge is 2.08. The smallest absolute Gasteiger partial charge is 0.119 e. The van der Waals surface area contributed by atoms with E-state index in [4.69, 9.17) is 4.74 Å². The van der Waals surface area contributed by atoms with Crippen LogP contribution in [0.2, 0.25) is 0 Å². The van der Waals surface area contributed by atoms with Crippen LogP contribution in [0.25, 0.3) is 0 Å². The summed E-state index contributed by atoms with van der Waals surface area (Å²) < 4.78 is 7.04. The van der Waals surface area contributed by atoms with Crippen LogP contribution in [-0.2, 0) is 13.1 Å². The molecule has 0 bridgehead atoms. The monoisotopic (exact) mass is 275 g/mol. The maximum Gasteiger partial charge on any atom is 0.119 e. The predicted octanol–water partition coefficient (Wildman–Crippen LogP) is 1.73. The third-order valence-electron chi connectivity index (χ3n) is 3.16. The lowest BCUT2D eigenvalue weighted by Crippen LogP contribution is -2.20. The predicted molar refractivity (Wildman–Crippen MR) is 77.6 cm³/mol. The van der Waals surface area contributed by atoms with Gasteiger partial charge in [-0.05, 0) is 24.6 Å². The summed E-state index contributed by atoms with van der Waals surface area (Å²) in [4.78, 5) is 0. The summed E-state index contributed by atoms with van der Waals surface area (Å²) in [5.41, 5.74) is 1.96. The molecule has 1 unspecified atom stereocenters. The zero-order valence-electron chi connectivity index (χ0n) is 11.9. The van der Waals surface area contributed by atoms with Gasteiger partial charge in [-0.15, -0.1) is 0 Å². The molecule has 5 heteroatoms. The van der Waals surface area contributed by atoms with Crippen LogP contribution in [0.4, 0.5) is 0 Å². The lowest BCUT2D eigenvalue weighted by molar-refractivity contribution is 0.174. The average molecular weight is 275 g/mol. The Bertz CT molecular complexity index is 539. The van der Waals surface area contributed by atoms with Gasteiger partial charge in [-0.1, -0.05) is 12.1 Å². The Labute approximate surface area is 119 Å². The molecule has 0 radical (unpaired) electrons. The summed E-state index contributed by atoms with van der Waals surface area (Å²) in [6.07, 6.45) is 3.30. The van der Waals surface area contributed by atoms with Crippen molar-refractivity contribution in [2.75, 3.05) is 13.7 Å². The SMILES string of the molecule is CCn1cc(CNCC(O)c2cccc(OC)c2)cn1. The number of hydrogen-bond donors (Lipinski definition) is 2. The Hall–Kier alpha value is -1.85. The molecule has 0 saturated heterocycles. The van der Waals surface area contributed by atoms with Gasteiger partial charge in [0.1, 0.15) is 5.75 Å². The molecule has 5 nitrogen and oxygen atoms in total. The molecule has 0 saturated carbocycles. The van der Waals surface area contributed by atoms with Crippen LogP contribution in [0, 0.1) is 0 Å². The summed E-state index contributed by atoms with van der Waals surface area (Å²) in [6.45, 7) is 4.11. The minimum absolute atomic E-state index is 0.491. The van der Waals surface area contributed by atoms with Crippen molar-refractivity contribution in [2.45, 2.75) is 26.1 Å².